The van der Waals surface area contributed by atoms with Crippen molar-refractivity contribution in [3.63, 3.8) is 0 Å². The van der Waals surface area contributed by atoms with Crippen LogP contribution >= 0.6 is 0 Å². The van der Waals surface area contributed by atoms with E-state index in [1.165, 1.54) is 12.1 Å². The van der Waals surface area contributed by atoms with E-state index in [0.717, 1.165) is 11.6 Å². The Hall–Kier alpha value is -2.30. The molecule has 22 heavy (non-hydrogen) atoms. The number of hydrogen-bond acceptors (Lipinski definition) is 1. The Labute approximate surface area is 125 Å². The molecule has 0 bridgehead atoms. The number of allylic oxidation sites excluding steroid dienone is 1. The molecule has 2 aromatic rings. The van der Waals surface area contributed by atoms with E-state index in [1.54, 1.807) is 30.3 Å². The SMILES string of the molecule is CCOc1ccc(-c2ccc(/C=C/C(F)(F)F)c(F)c2)cc1. The lowest BCUT2D eigenvalue weighted by Gasteiger charge is -2.07. The molecule has 1 nitrogen and oxygen atoms in total. The van der Waals surface area contributed by atoms with Gasteiger partial charge in [-0.15, -0.1) is 0 Å². The van der Waals surface area contributed by atoms with E-state index in [0.29, 0.717) is 17.9 Å². The maximum atomic E-state index is 13.9. The Bertz CT molecular complexity index is 657. The predicted octanol–water partition coefficient (Wildman–Crippen LogP) is 5.47. The van der Waals surface area contributed by atoms with Crippen LogP contribution in [0.3, 0.4) is 0 Å². The molecule has 0 aliphatic carbocycles. The van der Waals surface area contributed by atoms with Gasteiger partial charge in [0.15, 0.2) is 0 Å². The summed E-state index contributed by atoms with van der Waals surface area (Å²) in [6.07, 6.45) is -3.72. The smallest absolute Gasteiger partial charge is 0.409 e. The first-order valence-corrected chi connectivity index (χ1v) is 6.68. The third-order valence-electron chi connectivity index (χ3n) is 2.95. The lowest BCUT2D eigenvalue weighted by molar-refractivity contribution is -0.0790. The fourth-order valence-corrected chi connectivity index (χ4v) is 1.94. The van der Waals surface area contributed by atoms with Crippen molar-refractivity contribution in [2.24, 2.45) is 0 Å². The molecular formula is C17H14F4O. The van der Waals surface area contributed by atoms with Crippen LogP contribution in [0, 0.1) is 5.82 Å². The lowest BCUT2D eigenvalue weighted by Crippen LogP contribution is -2.00. The van der Waals surface area contributed by atoms with Crippen LogP contribution in [0.1, 0.15) is 12.5 Å². The first-order valence-electron chi connectivity index (χ1n) is 6.68. The maximum absolute atomic E-state index is 13.9. The van der Waals surface area contributed by atoms with E-state index in [1.807, 2.05) is 6.92 Å². The first-order chi connectivity index (χ1) is 10.4. The molecule has 0 radical (unpaired) electrons. The van der Waals surface area contributed by atoms with Gasteiger partial charge in [0.1, 0.15) is 11.6 Å². The fourth-order valence-electron chi connectivity index (χ4n) is 1.94. The summed E-state index contributed by atoms with van der Waals surface area (Å²) in [5, 5.41) is 0. The summed E-state index contributed by atoms with van der Waals surface area (Å²) < 4.78 is 55.5. The normalized spacial score (nSPS) is 11.9. The van der Waals surface area contributed by atoms with Crippen LogP contribution in [-0.2, 0) is 0 Å². The molecule has 0 aromatic heterocycles. The average molecular weight is 310 g/mol. The molecule has 116 valence electrons. The van der Waals surface area contributed by atoms with Gasteiger partial charge in [-0.2, -0.15) is 13.2 Å². The highest BCUT2D eigenvalue weighted by Gasteiger charge is 2.22. The molecule has 5 heteroatoms. The first kappa shape index (κ1) is 16.1. The molecule has 2 rings (SSSR count). The van der Waals surface area contributed by atoms with Gasteiger partial charge < -0.3 is 4.74 Å². The van der Waals surface area contributed by atoms with E-state index < -0.39 is 12.0 Å². The fraction of sp³-hybridized carbons (Fsp3) is 0.176. The number of hydrogen-bond donors (Lipinski definition) is 0. The predicted molar refractivity (Wildman–Crippen MR) is 78.1 cm³/mol. The Balaban J connectivity index is 2.23. The van der Waals surface area contributed by atoms with Crippen molar-refractivity contribution in [2.75, 3.05) is 6.61 Å². The highest BCUT2D eigenvalue weighted by Crippen LogP contribution is 2.26. The number of alkyl halides is 3. The van der Waals surface area contributed by atoms with E-state index in [-0.39, 0.29) is 11.6 Å². The summed E-state index contributed by atoms with van der Waals surface area (Å²) in [7, 11) is 0. The molecule has 0 unspecified atom stereocenters. The molecule has 0 saturated carbocycles. The van der Waals surface area contributed by atoms with Crippen LogP contribution in [0.5, 0.6) is 5.75 Å². The third kappa shape index (κ3) is 4.35. The summed E-state index contributed by atoms with van der Waals surface area (Å²) in [5.74, 6) is 0.00309. The standard InChI is InChI=1S/C17H14F4O/c1-2-22-15-7-5-12(6-8-15)14-4-3-13(16(18)11-14)9-10-17(19,20)21/h3-11H,2H2,1H3/b10-9+. The number of halogens is 4. The van der Waals surface area contributed by atoms with Crippen LogP contribution in [0.4, 0.5) is 17.6 Å². The van der Waals surface area contributed by atoms with Crippen molar-refractivity contribution in [3.8, 4) is 16.9 Å². The second kappa shape index (κ2) is 6.64. The van der Waals surface area contributed by atoms with E-state index >= 15 is 0 Å². The summed E-state index contributed by atoms with van der Waals surface area (Å²) in [6.45, 7) is 2.42. The van der Waals surface area contributed by atoms with Gasteiger partial charge in [-0.25, -0.2) is 4.39 Å². The summed E-state index contributed by atoms with van der Waals surface area (Å²) >= 11 is 0. The molecule has 0 atom stereocenters. The second-order valence-corrected chi connectivity index (χ2v) is 4.57. The van der Waals surface area contributed by atoms with E-state index in [2.05, 4.69) is 0 Å². The second-order valence-electron chi connectivity index (χ2n) is 4.57. The molecule has 0 amide bonds. The van der Waals surface area contributed by atoms with Crippen molar-refractivity contribution in [2.45, 2.75) is 13.1 Å². The minimum Gasteiger partial charge on any atom is -0.494 e. The molecule has 0 spiro atoms. The van der Waals surface area contributed by atoms with Gasteiger partial charge in [0, 0.05) is 11.6 Å². The average Bonchev–Trinajstić information content (AvgIpc) is 2.46. The summed E-state index contributed by atoms with van der Waals surface area (Å²) in [5.41, 5.74) is 1.24. The zero-order valence-electron chi connectivity index (χ0n) is 11.8. The van der Waals surface area contributed by atoms with Crippen molar-refractivity contribution >= 4 is 6.08 Å². The molecule has 2 aromatic carbocycles. The molecule has 0 N–H and O–H groups in total. The van der Waals surface area contributed by atoms with Crippen molar-refractivity contribution in [1.29, 1.82) is 0 Å². The van der Waals surface area contributed by atoms with Crippen LogP contribution < -0.4 is 4.74 Å². The topological polar surface area (TPSA) is 9.23 Å². The number of rotatable bonds is 4. The minimum absolute atomic E-state index is 0.0158. The Morgan fingerprint density at radius 2 is 1.64 bits per heavy atom. The van der Waals surface area contributed by atoms with Crippen LogP contribution in [-0.4, -0.2) is 12.8 Å². The van der Waals surface area contributed by atoms with Crippen LogP contribution in [0.25, 0.3) is 17.2 Å². The molecule has 0 heterocycles. The summed E-state index contributed by atoms with van der Waals surface area (Å²) in [4.78, 5) is 0. The zero-order valence-corrected chi connectivity index (χ0v) is 11.8. The van der Waals surface area contributed by atoms with E-state index in [4.69, 9.17) is 4.74 Å². The van der Waals surface area contributed by atoms with Gasteiger partial charge in [-0.3, -0.25) is 0 Å². The highest BCUT2D eigenvalue weighted by molar-refractivity contribution is 5.66. The van der Waals surface area contributed by atoms with Gasteiger partial charge >= 0.3 is 6.18 Å². The lowest BCUT2D eigenvalue weighted by atomic mass is 10.0. The molecular weight excluding hydrogens is 296 g/mol. The zero-order chi connectivity index (χ0) is 16.2. The molecule has 0 aliphatic heterocycles. The number of ether oxygens (including phenoxy) is 1. The minimum atomic E-state index is -4.46. The van der Waals surface area contributed by atoms with Crippen LogP contribution in [0.15, 0.2) is 48.5 Å². The van der Waals surface area contributed by atoms with Crippen molar-refractivity contribution < 1.29 is 22.3 Å². The van der Waals surface area contributed by atoms with Gasteiger partial charge in [0.05, 0.1) is 6.61 Å². The van der Waals surface area contributed by atoms with E-state index in [9.17, 15) is 17.6 Å². The van der Waals surface area contributed by atoms with Crippen LogP contribution in [0.2, 0.25) is 0 Å². The third-order valence-corrected chi connectivity index (χ3v) is 2.95. The van der Waals surface area contributed by atoms with Gasteiger partial charge in [-0.05, 0) is 42.3 Å². The molecule has 0 saturated heterocycles. The van der Waals surface area contributed by atoms with Crippen molar-refractivity contribution in [1.82, 2.24) is 0 Å². The molecule has 0 fully saturated rings. The van der Waals surface area contributed by atoms with Gasteiger partial charge in [-0.1, -0.05) is 24.3 Å². The highest BCUT2D eigenvalue weighted by atomic mass is 19.4. The quantitative estimate of drug-likeness (QED) is 0.681. The number of benzene rings is 2. The van der Waals surface area contributed by atoms with Gasteiger partial charge in [0.25, 0.3) is 0 Å². The summed E-state index contributed by atoms with van der Waals surface area (Å²) in [6, 6.07) is 11.2. The Morgan fingerprint density at radius 3 is 2.18 bits per heavy atom. The Morgan fingerprint density at radius 1 is 1.00 bits per heavy atom. The van der Waals surface area contributed by atoms with Gasteiger partial charge in [0.2, 0.25) is 0 Å². The maximum Gasteiger partial charge on any atom is 0.409 e. The van der Waals surface area contributed by atoms with Crippen molar-refractivity contribution in [3.05, 3.63) is 59.9 Å². The molecule has 0 aliphatic rings. The monoisotopic (exact) mass is 310 g/mol. The Kier molecular flexibility index (Phi) is 4.85. The largest absolute Gasteiger partial charge is 0.494 e.